The highest BCUT2D eigenvalue weighted by molar-refractivity contribution is 8.93. The smallest absolute Gasteiger partial charge is 0.168 e. The molecule has 1 heterocycles. The van der Waals surface area contributed by atoms with Crippen LogP contribution in [0.4, 0.5) is 23.3 Å². The minimum absolute atomic E-state index is 0. The van der Waals surface area contributed by atoms with Crippen molar-refractivity contribution in [3.8, 4) is 0 Å². The zero-order valence-electron chi connectivity index (χ0n) is 6.84. The first-order valence-corrected chi connectivity index (χ1v) is 2.55. The predicted molar refractivity (Wildman–Crippen MR) is 81.0 cm³/mol. The number of rotatable bonds is 0. The Bertz CT molecular complexity index is 218. The molecular weight excluding hydrogens is 452 g/mol. The van der Waals surface area contributed by atoms with E-state index >= 15 is 0 Å². The molecule has 6 nitrogen and oxygen atoms in total. The molecule has 0 atom stereocenters. The summed E-state index contributed by atoms with van der Waals surface area (Å²) >= 11 is 0. The summed E-state index contributed by atoms with van der Waals surface area (Å²) in [5, 5.41) is 0. The van der Waals surface area contributed by atoms with Gasteiger partial charge < -0.3 is 22.9 Å². The Kier molecular flexibility index (Phi) is 16.6. The topological polar surface area (TPSA) is 130 Å². The van der Waals surface area contributed by atoms with E-state index in [9.17, 15) is 0 Å². The van der Waals surface area contributed by atoms with Crippen LogP contribution in [-0.2, 0) is 0 Å². The molecule has 1 aromatic heterocycles. The highest BCUT2D eigenvalue weighted by atomic mass is 79.9. The van der Waals surface area contributed by atoms with E-state index in [0.717, 1.165) is 0 Å². The summed E-state index contributed by atoms with van der Waals surface area (Å²) in [4.78, 5) is 7.23. The van der Waals surface area contributed by atoms with Crippen molar-refractivity contribution in [3.63, 3.8) is 0 Å². The Morgan fingerprint density at radius 1 is 0.500 bits per heavy atom. The Labute approximate surface area is 123 Å². The van der Waals surface area contributed by atoms with Crippen LogP contribution in [0.25, 0.3) is 0 Å². The van der Waals surface area contributed by atoms with Crippen molar-refractivity contribution in [3.05, 3.63) is 0 Å². The van der Waals surface area contributed by atoms with Gasteiger partial charge in [-0.2, -0.15) is 0 Å². The normalized spacial score (nSPS) is 6.86. The molecule has 0 aromatic carbocycles. The van der Waals surface area contributed by atoms with Gasteiger partial charge in [0.25, 0.3) is 0 Å². The molecule has 0 unspecified atom stereocenters. The lowest BCUT2D eigenvalue weighted by Crippen LogP contribution is -2.07. The van der Waals surface area contributed by atoms with Crippen molar-refractivity contribution in [2.45, 2.75) is 0 Å². The van der Waals surface area contributed by atoms with E-state index in [1.807, 2.05) is 0 Å². The molecule has 1 aromatic rings. The molecule has 0 radical (unpaired) electrons. The molecule has 8 N–H and O–H groups in total. The minimum Gasteiger partial charge on any atom is -0.381 e. The van der Waals surface area contributed by atoms with E-state index in [1.54, 1.807) is 0 Å². The third-order valence-electron chi connectivity index (χ3n) is 1.01. The Hall–Kier alpha value is 0.200. The molecule has 0 aliphatic heterocycles. The van der Waals surface area contributed by atoms with Gasteiger partial charge in [0, 0.05) is 0 Å². The maximum atomic E-state index is 5.26. The van der Waals surface area contributed by atoms with Crippen LogP contribution in [0.15, 0.2) is 0 Å². The molecular formula is C4H12Br4N6. The quantitative estimate of drug-likeness (QED) is 0.456. The molecule has 14 heavy (non-hydrogen) atoms. The van der Waals surface area contributed by atoms with Crippen molar-refractivity contribution in [2.24, 2.45) is 0 Å². The van der Waals surface area contributed by atoms with Gasteiger partial charge in [0.2, 0.25) is 0 Å². The van der Waals surface area contributed by atoms with Crippen LogP contribution in [0.3, 0.4) is 0 Å². The highest BCUT2D eigenvalue weighted by Crippen LogP contribution is 2.14. The number of anilines is 4. The number of nitrogens with two attached hydrogens (primary N) is 4. The average Bonchev–Trinajstić information content (AvgIpc) is 1.84. The third-order valence-corrected chi connectivity index (χ3v) is 1.01. The molecule has 0 saturated heterocycles. The summed E-state index contributed by atoms with van der Waals surface area (Å²) in [5.41, 5.74) is 21.0. The first kappa shape index (κ1) is 23.8. The molecule has 86 valence electrons. The first-order chi connectivity index (χ1) is 4.61. The lowest BCUT2D eigenvalue weighted by atomic mass is 10.5. The molecule has 0 bridgehead atoms. The second-order valence-electron chi connectivity index (χ2n) is 1.76. The molecule has 0 aliphatic rings. The van der Waals surface area contributed by atoms with E-state index in [2.05, 4.69) is 9.97 Å². The maximum Gasteiger partial charge on any atom is 0.168 e. The van der Waals surface area contributed by atoms with Gasteiger partial charge >= 0.3 is 0 Å². The van der Waals surface area contributed by atoms with Crippen LogP contribution in [0.1, 0.15) is 0 Å². The minimum atomic E-state index is 0. The van der Waals surface area contributed by atoms with E-state index in [1.165, 1.54) is 0 Å². The third kappa shape index (κ3) is 5.83. The maximum absolute atomic E-state index is 5.26. The van der Waals surface area contributed by atoms with Crippen molar-refractivity contribution in [1.82, 2.24) is 9.97 Å². The SMILES string of the molecule is Br.Br.Br.Br.Nc1nc(N)c(N)nc1N. The van der Waals surface area contributed by atoms with Crippen molar-refractivity contribution in [2.75, 3.05) is 22.9 Å². The second-order valence-corrected chi connectivity index (χ2v) is 1.76. The summed E-state index contributed by atoms with van der Waals surface area (Å²) in [6.45, 7) is 0. The zero-order valence-corrected chi connectivity index (χ0v) is 13.7. The van der Waals surface area contributed by atoms with Gasteiger partial charge in [-0.1, -0.05) is 0 Å². The Morgan fingerprint density at radius 3 is 0.786 bits per heavy atom. The summed E-state index contributed by atoms with van der Waals surface area (Å²) < 4.78 is 0. The Morgan fingerprint density at radius 2 is 0.643 bits per heavy atom. The van der Waals surface area contributed by atoms with Crippen LogP contribution in [-0.4, -0.2) is 9.97 Å². The molecule has 10 heteroatoms. The number of nitrogens with zero attached hydrogens (tertiary/aromatic N) is 2. The van der Waals surface area contributed by atoms with Gasteiger partial charge in [-0.3, -0.25) is 0 Å². The fourth-order valence-electron chi connectivity index (χ4n) is 0.489. The van der Waals surface area contributed by atoms with Crippen LogP contribution >= 0.6 is 67.9 Å². The van der Waals surface area contributed by atoms with Crippen molar-refractivity contribution in [1.29, 1.82) is 0 Å². The van der Waals surface area contributed by atoms with Crippen LogP contribution < -0.4 is 22.9 Å². The molecule has 0 saturated carbocycles. The van der Waals surface area contributed by atoms with Gasteiger partial charge in [0.15, 0.2) is 23.3 Å². The average molecular weight is 464 g/mol. The standard InChI is InChI=1S/C4H8N6.4BrH/c5-1-2(6)10-4(8)3(7)9-1;;;;/h(H4,5,7,9)(H4,6,8,10);4*1H. The summed E-state index contributed by atoms with van der Waals surface area (Å²) in [5.74, 6) is 0.414. The summed E-state index contributed by atoms with van der Waals surface area (Å²) in [6, 6.07) is 0. The van der Waals surface area contributed by atoms with Gasteiger partial charge in [0.05, 0.1) is 0 Å². The fraction of sp³-hybridized carbons (Fsp3) is 0. The number of aromatic nitrogens is 2. The van der Waals surface area contributed by atoms with E-state index in [4.69, 9.17) is 22.9 Å². The van der Waals surface area contributed by atoms with Gasteiger partial charge in [-0.15, -0.1) is 67.9 Å². The fourth-order valence-corrected chi connectivity index (χ4v) is 0.489. The van der Waals surface area contributed by atoms with Crippen LogP contribution in [0, 0.1) is 0 Å². The number of hydrogen-bond acceptors (Lipinski definition) is 6. The lowest BCUT2D eigenvalue weighted by molar-refractivity contribution is 1.24. The van der Waals surface area contributed by atoms with Crippen molar-refractivity contribution < 1.29 is 0 Å². The van der Waals surface area contributed by atoms with Gasteiger partial charge in [-0.25, -0.2) is 9.97 Å². The van der Waals surface area contributed by atoms with E-state index in [0.29, 0.717) is 0 Å². The van der Waals surface area contributed by atoms with Crippen LogP contribution in [0.2, 0.25) is 0 Å². The lowest BCUT2D eigenvalue weighted by Gasteiger charge is -2.00. The number of halogens is 4. The Balaban J connectivity index is -0.000000125. The largest absolute Gasteiger partial charge is 0.381 e. The summed E-state index contributed by atoms with van der Waals surface area (Å²) in [6.07, 6.45) is 0. The van der Waals surface area contributed by atoms with Gasteiger partial charge in [0.1, 0.15) is 0 Å². The van der Waals surface area contributed by atoms with Gasteiger partial charge in [-0.05, 0) is 0 Å². The van der Waals surface area contributed by atoms with E-state index in [-0.39, 0.29) is 91.2 Å². The molecule has 1 rings (SSSR count). The van der Waals surface area contributed by atoms with Crippen molar-refractivity contribution >= 4 is 91.2 Å². The van der Waals surface area contributed by atoms with Crippen LogP contribution in [0.5, 0.6) is 0 Å². The molecule has 0 fully saturated rings. The first-order valence-electron chi connectivity index (χ1n) is 2.55. The molecule has 0 spiro atoms. The second kappa shape index (κ2) is 9.74. The molecule has 0 amide bonds. The summed E-state index contributed by atoms with van der Waals surface area (Å²) in [7, 11) is 0. The van der Waals surface area contributed by atoms with E-state index < -0.39 is 0 Å². The number of nitrogen functional groups attached to an aromatic ring is 4. The zero-order chi connectivity index (χ0) is 7.72. The monoisotopic (exact) mass is 460 g/mol. The number of hydrogen-bond donors (Lipinski definition) is 4. The predicted octanol–water partition coefficient (Wildman–Crippen LogP) is 1.12. The highest BCUT2D eigenvalue weighted by Gasteiger charge is 2.01. The molecule has 0 aliphatic carbocycles.